The van der Waals surface area contributed by atoms with Crippen molar-refractivity contribution in [3.8, 4) is 0 Å². The topological polar surface area (TPSA) is 68.2 Å². The summed E-state index contributed by atoms with van der Waals surface area (Å²) >= 11 is 0. The first kappa shape index (κ1) is 13.1. The van der Waals surface area contributed by atoms with Gasteiger partial charge in [-0.05, 0) is 19.1 Å². The predicted octanol–water partition coefficient (Wildman–Crippen LogP) is 0.865. The molecule has 6 heteroatoms. The highest BCUT2D eigenvalue weighted by Crippen LogP contribution is 2.30. The lowest BCUT2D eigenvalue weighted by atomic mass is 10.1. The van der Waals surface area contributed by atoms with Gasteiger partial charge < -0.3 is 9.57 Å². The Morgan fingerprint density at radius 2 is 2.11 bits per heavy atom. The van der Waals surface area contributed by atoms with Crippen molar-refractivity contribution in [1.82, 2.24) is 0 Å². The molecule has 6 nitrogen and oxygen atoms in total. The zero-order valence-corrected chi connectivity index (χ0v) is 11.0. The van der Waals surface area contributed by atoms with E-state index in [2.05, 4.69) is 9.89 Å². The van der Waals surface area contributed by atoms with Crippen LogP contribution in [0.2, 0.25) is 0 Å². The number of fused-ring (bicyclic) bond motifs is 1. The van der Waals surface area contributed by atoms with Crippen LogP contribution >= 0.6 is 0 Å². The third kappa shape index (κ3) is 2.29. The number of carbonyl (C=O) groups excluding carboxylic acids is 2. The van der Waals surface area contributed by atoms with Crippen molar-refractivity contribution in [3.63, 3.8) is 0 Å². The van der Waals surface area contributed by atoms with Gasteiger partial charge in [0.15, 0.2) is 5.71 Å². The number of nitrogens with zero attached hydrogens (tertiary/aromatic N) is 2. The number of methoxy groups -OCH3 is 1. The Hall–Kier alpha value is -2.37. The summed E-state index contributed by atoms with van der Waals surface area (Å²) in [5.74, 6) is -0.855. The van der Waals surface area contributed by atoms with Crippen molar-refractivity contribution >= 4 is 23.3 Å². The first-order chi connectivity index (χ1) is 9.08. The minimum absolute atomic E-state index is 0.145. The summed E-state index contributed by atoms with van der Waals surface area (Å²) in [6.07, 6.45) is 0. The lowest BCUT2D eigenvalue weighted by molar-refractivity contribution is -0.139. The molecule has 1 heterocycles. The third-order valence-electron chi connectivity index (χ3n) is 2.84. The van der Waals surface area contributed by atoms with Gasteiger partial charge in [0.05, 0.1) is 12.8 Å². The molecule has 2 rings (SSSR count). The smallest absolute Gasteiger partial charge is 0.325 e. The van der Waals surface area contributed by atoms with Gasteiger partial charge in [0.2, 0.25) is 0 Å². The molecule has 100 valence electrons. The molecule has 1 aromatic carbocycles. The number of oxime groups is 1. The van der Waals surface area contributed by atoms with Crippen molar-refractivity contribution in [2.24, 2.45) is 5.16 Å². The number of hydrogen-bond donors (Lipinski definition) is 0. The van der Waals surface area contributed by atoms with Crippen LogP contribution in [0.15, 0.2) is 23.4 Å². The van der Waals surface area contributed by atoms with E-state index < -0.39 is 5.97 Å². The van der Waals surface area contributed by atoms with Crippen molar-refractivity contribution in [3.05, 3.63) is 29.3 Å². The van der Waals surface area contributed by atoms with Gasteiger partial charge in [-0.15, -0.1) is 0 Å². The maximum atomic E-state index is 12.2. The molecule has 1 amide bonds. The Labute approximate surface area is 110 Å². The normalized spacial score (nSPS) is 15.6. The van der Waals surface area contributed by atoms with Gasteiger partial charge in [0, 0.05) is 5.56 Å². The summed E-state index contributed by atoms with van der Waals surface area (Å²) in [6, 6.07) is 5.48. The van der Waals surface area contributed by atoms with Crippen molar-refractivity contribution in [1.29, 1.82) is 0 Å². The number of hydrogen-bond acceptors (Lipinski definition) is 5. The lowest BCUT2D eigenvalue weighted by Crippen LogP contribution is -2.35. The fourth-order valence-electron chi connectivity index (χ4n) is 1.96. The van der Waals surface area contributed by atoms with Gasteiger partial charge in [0.25, 0.3) is 5.91 Å². The highest BCUT2D eigenvalue weighted by molar-refractivity contribution is 6.54. The number of esters is 1. The minimum Gasteiger partial charge on any atom is -0.468 e. The molecular weight excluding hydrogens is 248 g/mol. The zero-order chi connectivity index (χ0) is 14.0. The third-order valence-corrected chi connectivity index (χ3v) is 2.84. The molecule has 1 aliphatic rings. The quantitative estimate of drug-likeness (QED) is 0.598. The van der Waals surface area contributed by atoms with Crippen molar-refractivity contribution in [2.75, 3.05) is 25.7 Å². The van der Waals surface area contributed by atoms with Gasteiger partial charge in [-0.25, -0.2) is 0 Å². The van der Waals surface area contributed by atoms with E-state index in [9.17, 15) is 9.59 Å². The molecule has 0 fully saturated rings. The van der Waals surface area contributed by atoms with Gasteiger partial charge in [-0.3, -0.25) is 14.5 Å². The summed E-state index contributed by atoms with van der Waals surface area (Å²) < 4.78 is 4.59. The number of anilines is 1. The number of ether oxygens (including phenoxy) is 1. The van der Waals surface area contributed by atoms with E-state index in [4.69, 9.17) is 4.84 Å². The Bertz CT molecular complexity index is 566. The highest BCUT2D eigenvalue weighted by atomic mass is 16.6. The van der Waals surface area contributed by atoms with E-state index in [1.54, 1.807) is 6.07 Å². The molecule has 0 aliphatic carbocycles. The van der Waals surface area contributed by atoms with E-state index in [1.807, 2.05) is 19.1 Å². The van der Waals surface area contributed by atoms with E-state index in [1.165, 1.54) is 19.1 Å². The van der Waals surface area contributed by atoms with Crippen molar-refractivity contribution in [2.45, 2.75) is 6.92 Å². The summed E-state index contributed by atoms with van der Waals surface area (Å²) in [4.78, 5) is 29.6. The molecule has 0 bridgehead atoms. The molecule has 0 radical (unpaired) electrons. The number of rotatable bonds is 3. The average molecular weight is 262 g/mol. The van der Waals surface area contributed by atoms with Crippen LogP contribution in [0.3, 0.4) is 0 Å². The molecule has 0 unspecified atom stereocenters. The second kappa shape index (κ2) is 5.09. The average Bonchev–Trinajstić information content (AvgIpc) is 2.64. The Morgan fingerprint density at radius 1 is 1.37 bits per heavy atom. The fourth-order valence-corrected chi connectivity index (χ4v) is 1.96. The Balaban J connectivity index is 2.47. The SMILES string of the molecule is CO/N=C1\C(=O)N(CC(=O)OC)c2ccc(C)cc21. The number of benzene rings is 1. The molecule has 0 saturated carbocycles. The van der Waals surface area contributed by atoms with E-state index in [0.29, 0.717) is 11.3 Å². The van der Waals surface area contributed by atoms with E-state index in [0.717, 1.165) is 5.56 Å². The number of amides is 1. The summed E-state index contributed by atoms with van der Waals surface area (Å²) in [5.41, 5.74) is 2.49. The Kier molecular flexibility index (Phi) is 3.50. The van der Waals surface area contributed by atoms with Crippen LogP contribution in [0.4, 0.5) is 5.69 Å². The first-order valence-corrected chi connectivity index (χ1v) is 5.69. The summed E-state index contributed by atoms with van der Waals surface area (Å²) in [5, 5.41) is 3.74. The van der Waals surface area contributed by atoms with Crippen LogP contribution in [-0.2, 0) is 19.2 Å². The maximum absolute atomic E-state index is 12.2. The molecule has 1 aliphatic heterocycles. The number of carbonyl (C=O) groups is 2. The monoisotopic (exact) mass is 262 g/mol. The van der Waals surface area contributed by atoms with E-state index >= 15 is 0 Å². The van der Waals surface area contributed by atoms with Gasteiger partial charge >= 0.3 is 5.97 Å². The van der Waals surface area contributed by atoms with Crippen LogP contribution in [0.25, 0.3) is 0 Å². The molecule has 0 atom stereocenters. The lowest BCUT2D eigenvalue weighted by Gasteiger charge is -2.14. The van der Waals surface area contributed by atoms with Crippen LogP contribution in [-0.4, -0.2) is 38.4 Å². The standard InChI is InChI=1S/C13H14N2O4/c1-8-4-5-10-9(6-8)12(14-19-3)13(17)15(10)7-11(16)18-2/h4-6H,7H2,1-3H3/b14-12-. The van der Waals surface area contributed by atoms with Crippen LogP contribution in [0.5, 0.6) is 0 Å². The fraction of sp³-hybridized carbons (Fsp3) is 0.308. The molecule has 0 aromatic heterocycles. The maximum Gasteiger partial charge on any atom is 0.325 e. The second-order valence-electron chi connectivity index (χ2n) is 4.11. The van der Waals surface area contributed by atoms with Gasteiger partial charge in [-0.1, -0.05) is 16.8 Å². The molecule has 19 heavy (non-hydrogen) atoms. The summed E-state index contributed by atoms with van der Waals surface area (Å²) in [6.45, 7) is 1.77. The van der Waals surface area contributed by atoms with Gasteiger partial charge in [-0.2, -0.15) is 0 Å². The molecule has 0 saturated heterocycles. The van der Waals surface area contributed by atoms with Crippen LogP contribution in [0.1, 0.15) is 11.1 Å². The van der Waals surface area contributed by atoms with E-state index in [-0.39, 0.29) is 18.2 Å². The Morgan fingerprint density at radius 3 is 2.74 bits per heavy atom. The second-order valence-corrected chi connectivity index (χ2v) is 4.11. The van der Waals surface area contributed by atoms with Gasteiger partial charge in [0.1, 0.15) is 13.7 Å². The highest BCUT2D eigenvalue weighted by Gasteiger charge is 2.36. The zero-order valence-electron chi connectivity index (χ0n) is 11.0. The number of aryl methyl sites for hydroxylation is 1. The first-order valence-electron chi connectivity index (χ1n) is 5.69. The van der Waals surface area contributed by atoms with Crippen LogP contribution < -0.4 is 4.90 Å². The summed E-state index contributed by atoms with van der Waals surface area (Å²) in [7, 11) is 2.65. The molecule has 0 N–H and O–H groups in total. The van der Waals surface area contributed by atoms with Crippen LogP contribution in [0, 0.1) is 6.92 Å². The van der Waals surface area contributed by atoms with Crippen molar-refractivity contribution < 1.29 is 19.2 Å². The molecule has 0 spiro atoms. The largest absolute Gasteiger partial charge is 0.468 e. The predicted molar refractivity (Wildman–Crippen MR) is 69.1 cm³/mol. The molecule has 1 aromatic rings. The minimum atomic E-state index is -0.487. The molecular formula is C13H14N2O4.